The Balaban J connectivity index is 4.06. The van der Waals surface area contributed by atoms with Gasteiger partial charge in [0.25, 0.3) is 6.29 Å². The third-order valence-electron chi connectivity index (χ3n) is 17.3. The Bertz CT molecular complexity index is 2200. The van der Waals surface area contributed by atoms with Gasteiger partial charge in [-0.3, -0.25) is 9.59 Å². The van der Waals surface area contributed by atoms with Gasteiger partial charge in [-0.15, -0.1) is 0 Å². The van der Waals surface area contributed by atoms with E-state index in [1.807, 2.05) is 21.1 Å². The number of hydrogen-bond donors (Lipinski definition) is 1. The van der Waals surface area contributed by atoms with Gasteiger partial charge in [-0.25, -0.2) is 4.79 Å². The van der Waals surface area contributed by atoms with Crippen LogP contribution in [0.15, 0.2) is 158 Å². The summed E-state index contributed by atoms with van der Waals surface area (Å²) < 4.78 is 23.0. The summed E-state index contributed by atoms with van der Waals surface area (Å²) in [5, 5.41) is 9.78. The zero-order chi connectivity index (χ0) is 71.8. The van der Waals surface area contributed by atoms with Crippen molar-refractivity contribution in [1.29, 1.82) is 0 Å². The van der Waals surface area contributed by atoms with E-state index in [9.17, 15) is 19.5 Å². The second kappa shape index (κ2) is 78.6. The van der Waals surface area contributed by atoms with Gasteiger partial charge in [-0.1, -0.05) is 358 Å². The highest BCUT2D eigenvalue weighted by Crippen LogP contribution is 2.18. The lowest BCUT2D eigenvalue weighted by molar-refractivity contribution is -0.870. The highest BCUT2D eigenvalue weighted by Gasteiger charge is 2.25. The normalized spacial score (nSPS) is 13.5. The van der Waals surface area contributed by atoms with Gasteiger partial charge in [0, 0.05) is 12.8 Å². The molecular formula is C90H152NO8+. The molecule has 0 bridgehead atoms. The monoisotopic (exact) mass is 1380 g/mol. The summed E-state index contributed by atoms with van der Waals surface area (Å²) in [7, 11) is 5.98. The van der Waals surface area contributed by atoms with Crippen LogP contribution in [0.4, 0.5) is 0 Å². The molecule has 0 aliphatic carbocycles. The van der Waals surface area contributed by atoms with Crippen molar-refractivity contribution in [3.63, 3.8) is 0 Å². The molecule has 0 aliphatic rings. The first-order valence-corrected chi connectivity index (χ1v) is 40.6. The van der Waals surface area contributed by atoms with E-state index in [0.717, 1.165) is 128 Å². The van der Waals surface area contributed by atoms with E-state index in [2.05, 4.69) is 172 Å². The minimum Gasteiger partial charge on any atom is -0.477 e. The van der Waals surface area contributed by atoms with Crippen LogP contribution in [0, 0.1) is 0 Å². The van der Waals surface area contributed by atoms with Crippen LogP contribution in [0.1, 0.15) is 335 Å². The maximum atomic E-state index is 13.0. The number of esters is 2. The highest BCUT2D eigenvalue weighted by atomic mass is 16.7. The van der Waals surface area contributed by atoms with Crippen molar-refractivity contribution < 1.29 is 42.9 Å². The molecule has 0 spiro atoms. The summed E-state index contributed by atoms with van der Waals surface area (Å²) in [6.07, 6.45) is 114. The second-order valence-corrected chi connectivity index (χ2v) is 28.0. The van der Waals surface area contributed by atoms with Gasteiger partial charge in [-0.05, 0) is 122 Å². The van der Waals surface area contributed by atoms with Crippen LogP contribution in [0.2, 0.25) is 0 Å². The third-order valence-corrected chi connectivity index (χ3v) is 17.3. The van der Waals surface area contributed by atoms with Gasteiger partial charge in [-0.2, -0.15) is 0 Å². The fourth-order valence-electron chi connectivity index (χ4n) is 11.2. The molecule has 0 aromatic heterocycles. The zero-order valence-corrected chi connectivity index (χ0v) is 64.6. The molecule has 564 valence electrons. The molecular weight excluding hydrogens is 1220 g/mol. The van der Waals surface area contributed by atoms with Crippen molar-refractivity contribution in [2.24, 2.45) is 0 Å². The molecule has 99 heavy (non-hydrogen) atoms. The lowest BCUT2D eigenvalue weighted by atomic mass is 10.0. The topological polar surface area (TPSA) is 108 Å². The number of rotatable bonds is 74. The predicted octanol–water partition coefficient (Wildman–Crippen LogP) is 26.4. The first-order valence-electron chi connectivity index (χ1n) is 40.6. The predicted molar refractivity (Wildman–Crippen MR) is 428 cm³/mol. The summed E-state index contributed by atoms with van der Waals surface area (Å²) in [5.74, 6) is -2.02. The van der Waals surface area contributed by atoms with Crippen molar-refractivity contribution in [1.82, 2.24) is 0 Å². The quantitative estimate of drug-likeness (QED) is 0.0211. The molecule has 0 aromatic carbocycles. The van der Waals surface area contributed by atoms with Crippen molar-refractivity contribution in [2.45, 2.75) is 347 Å². The Hall–Kier alpha value is -5.09. The van der Waals surface area contributed by atoms with Gasteiger partial charge >= 0.3 is 17.9 Å². The Morgan fingerprint density at radius 3 is 0.808 bits per heavy atom. The van der Waals surface area contributed by atoms with Crippen LogP contribution >= 0.6 is 0 Å². The van der Waals surface area contributed by atoms with Gasteiger partial charge in [0.1, 0.15) is 13.2 Å². The molecule has 0 amide bonds. The summed E-state index contributed by atoms with van der Waals surface area (Å²) in [5.41, 5.74) is 0. The molecule has 2 atom stereocenters. The van der Waals surface area contributed by atoms with E-state index in [-0.39, 0.29) is 32.2 Å². The molecule has 1 N–H and O–H groups in total. The summed E-state index contributed by atoms with van der Waals surface area (Å²) in [6.45, 7) is 4.66. The van der Waals surface area contributed by atoms with Crippen LogP contribution in [-0.2, 0) is 33.3 Å². The number of ether oxygens (including phenoxy) is 4. The zero-order valence-electron chi connectivity index (χ0n) is 64.6. The molecule has 0 saturated heterocycles. The van der Waals surface area contributed by atoms with E-state index >= 15 is 0 Å². The summed E-state index contributed by atoms with van der Waals surface area (Å²) in [4.78, 5) is 37.8. The van der Waals surface area contributed by atoms with Crippen LogP contribution in [0.5, 0.6) is 0 Å². The smallest absolute Gasteiger partial charge is 0.361 e. The summed E-state index contributed by atoms with van der Waals surface area (Å²) in [6, 6.07) is 0. The third kappa shape index (κ3) is 80.1. The Morgan fingerprint density at radius 1 is 0.303 bits per heavy atom. The number of hydrogen-bond acceptors (Lipinski definition) is 7. The lowest BCUT2D eigenvalue weighted by Crippen LogP contribution is -2.40. The molecule has 0 heterocycles. The van der Waals surface area contributed by atoms with Crippen molar-refractivity contribution in [2.75, 3.05) is 47.5 Å². The van der Waals surface area contributed by atoms with E-state index in [1.54, 1.807) is 0 Å². The first kappa shape index (κ1) is 93.9. The number of carboxylic acids is 1. The highest BCUT2D eigenvalue weighted by molar-refractivity contribution is 5.71. The molecule has 0 fully saturated rings. The molecule has 2 unspecified atom stereocenters. The first-order chi connectivity index (χ1) is 48.6. The number of likely N-dealkylation sites (N-methyl/N-ethyl adjacent to an activating group) is 1. The van der Waals surface area contributed by atoms with Crippen LogP contribution in [0.3, 0.4) is 0 Å². The molecule has 9 heteroatoms. The van der Waals surface area contributed by atoms with E-state index in [1.165, 1.54) is 173 Å². The van der Waals surface area contributed by atoms with Gasteiger partial charge in [0.05, 0.1) is 34.4 Å². The number of carboxylic acid groups (broad SMARTS) is 1. The van der Waals surface area contributed by atoms with Crippen molar-refractivity contribution >= 4 is 17.9 Å². The maximum Gasteiger partial charge on any atom is 0.361 e. The molecule has 0 radical (unpaired) electrons. The fraction of sp³-hybridized carbons (Fsp3) is 0.678. The van der Waals surface area contributed by atoms with Crippen molar-refractivity contribution in [3.8, 4) is 0 Å². The molecule has 9 nitrogen and oxygen atoms in total. The van der Waals surface area contributed by atoms with E-state index in [4.69, 9.17) is 18.9 Å². The average Bonchev–Trinajstić information content (AvgIpc) is 1.16. The van der Waals surface area contributed by atoms with Crippen molar-refractivity contribution in [3.05, 3.63) is 158 Å². The molecule has 0 aromatic rings. The van der Waals surface area contributed by atoms with E-state index < -0.39 is 24.3 Å². The number of carbonyl (C=O) groups is 3. The number of aliphatic carboxylic acids is 1. The molecule has 0 aliphatic heterocycles. The SMILES string of the molecule is CC/C=C\C/C=C\C/C=C\C/C=C\C/C=C\C/C=C\C/C=C\C/C=C\C/C=C\CCCCCCCCCC(=O)OC(COC(=O)CCCCCCCCCCCCCCCCCCCCCCCCCCCC/C=C\C/C=C\C/C=C\C/C=C\CC)COC(OCC[N+](C)(C)C)C(=O)O. The standard InChI is InChI=1S/C90H151NO8/c1-6-8-10-12-14-16-18-20-22-24-26-28-30-32-34-36-38-40-42-43-44-45-47-48-50-52-54-56-58-60-62-64-66-68-70-72-74-76-78-80-87(92)97-84-86(85-98-90(89(94)95)96-83-82-91(3,4)5)99-88(93)81-79-77-75-73-71-69-67-65-63-61-59-57-55-53-51-49-46-41-39-37-35-33-31-29-27-25-23-21-19-17-15-13-11-9-7-2/h8-11,14-17,20-23,26-29,33,35,39,41,49,51,55,57,61,63,86,90H,6-7,12-13,18-19,24-25,30-32,34,36-38,40,42-48,50,52-54,56,58-60,62,64-85H2,1-5H3/p+1/b10-8-,11-9-,16-14-,17-15-,22-20-,23-21-,28-26-,29-27-,35-33-,41-39-,51-49-,57-55-,63-61-. The largest absolute Gasteiger partial charge is 0.477 e. The number of nitrogens with zero attached hydrogens (tertiary/aromatic N) is 1. The minimum absolute atomic E-state index is 0.180. The Kier molecular flexibility index (Phi) is 74.6. The molecule has 0 rings (SSSR count). The van der Waals surface area contributed by atoms with Crippen LogP contribution < -0.4 is 0 Å². The number of carbonyl (C=O) groups excluding carboxylic acids is 2. The Labute approximate surface area is 610 Å². The number of quaternary nitrogens is 1. The maximum absolute atomic E-state index is 13.0. The lowest BCUT2D eigenvalue weighted by Gasteiger charge is -2.25. The van der Waals surface area contributed by atoms with Gasteiger partial charge < -0.3 is 28.5 Å². The Morgan fingerprint density at radius 2 is 0.545 bits per heavy atom. The van der Waals surface area contributed by atoms with Crippen LogP contribution in [-0.4, -0.2) is 87.4 Å². The van der Waals surface area contributed by atoms with Crippen LogP contribution in [0.25, 0.3) is 0 Å². The summed E-state index contributed by atoms with van der Waals surface area (Å²) >= 11 is 0. The van der Waals surface area contributed by atoms with Gasteiger partial charge in [0.2, 0.25) is 0 Å². The fourth-order valence-corrected chi connectivity index (χ4v) is 11.2. The number of allylic oxidation sites excluding steroid dienone is 26. The second-order valence-electron chi connectivity index (χ2n) is 28.0. The minimum atomic E-state index is -1.52. The van der Waals surface area contributed by atoms with E-state index in [0.29, 0.717) is 23.9 Å². The van der Waals surface area contributed by atoms with Gasteiger partial charge in [0.15, 0.2) is 6.10 Å². The average molecular weight is 1380 g/mol. The number of unbranched alkanes of at least 4 members (excludes halogenated alkanes) is 33. The molecule has 0 saturated carbocycles.